The van der Waals surface area contributed by atoms with Gasteiger partial charge in [0.05, 0.1) is 14.2 Å². The highest BCUT2D eigenvalue weighted by Gasteiger charge is 2.37. The lowest BCUT2D eigenvalue weighted by atomic mass is 10.2. The van der Waals surface area contributed by atoms with Gasteiger partial charge in [-0.25, -0.2) is 0 Å². The fourth-order valence-corrected chi connectivity index (χ4v) is 2.41. The Morgan fingerprint density at radius 1 is 1.00 bits per heavy atom. The monoisotopic (exact) mass is 274 g/mol. The van der Waals surface area contributed by atoms with Crippen molar-refractivity contribution >= 4 is 13.1 Å². The van der Waals surface area contributed by atoms with E-state index in [0.717, 1.165) is 14.2 Å². The van der Waals surface area contributed by atoms with Gasteiger partial charge in [-0.3, -0.25) is 9.36 Å². The molecule has 1 rings (SSSR count). The van der Waals surface area contributed by atoms with Crippen molar-refractivity contribution in [2.24, 2.45) is 0 Å². The number of hydrogen-bond acceptors (Lipinski definition) is 6. The predicted molar refractivity (Wildman–Crippen MR) is 65.5 cm³/mol. The van der Waals surface area contributed by atoms with Crippen molar-refractivity contribution in [3.05, 3.63) is 23.8 Å². The molecule has 0 unspecified atom stereocenters. The van der Waals surface area contributed by atoms with E-state index >= 15 is 0 Å². The molecule has 0 radical (unpaired) electrons. The molecule has 0 fully saturated rings. The normalized spacial score (nSPS) is 11.1. The molecule has 18 heavy (non-hydrogen) atoms. The van der Waals surface area contributed by atoms with E-state index in [4.69, 9.17) is 9.47 Å². The van der Waals surface area contributed by atoms with Gasteiger partial charge in [-0.15, -0.1) is 0 Å². The second-order valence-corrected chi connectivity index (χ2v) is 5.34. The van der Waals surface area contributed by atoms with Crippen LogP contribution in [0.2, 0.25) is 0 Å². The van der Waals surface area contributed by atoms with Crippen LogP contribution in [0, 0.1) is 0 Å². The minimum Gasteiger partial charge on any atom is -0.496 e. The predicted octanol–water partition coefficient (Wildman–Crippen LogP) is 2.33. The van der Waals surface area contributed by atoms with E-state index in [1.54, 1.807) is 18.2 Å². The van der Waals surface area contributed by atoms with Crippen molar-refractivity contribution in [1.82, 2.24) is 0 Å². The summed E-state index contributed by atoms with van der Waals surface area (Å²) in [6.45, 7) is 0. The minimum absolute atomic E-state index is 0.0366. The first-order valence-corrected chi connectivity index (χ1v) is 6.55. The van der Waals surface area contributed by atoms with Crippen molar-refractivity contribution in [2.45, 2.75) is 0 Å². The lowest BCUT2D eigenvalue weighted by Gasteiger charge is -2.16. The van der Waals surface area contributed by atoms with E-state index in [0.29, 0.717) is 0 Å². The van der Waals surface area contributed by atoms with Crippen molar-refractivity contribution < 1.29 is 27.9 Å². The number of hydrogen-bond donors (Lipinski definition) is 0. The van der Waals surface area contributed by atoms with Crippen LogP contribution in [0.3, 0.4) is 0 Å². The molecule has 0 heterocycles. The molecule has 0 aliphatic heterocycles. The lowest BCUT2D eigenvalue weighted by molar-refractivity contribution is 0.102. The molecular formula is C11H15O6P. The zero-order valence-corrected chi connectivity index (χ0v) is 11.5. The molecule has 0 aliphatic rings. The maximum absolute atomic E-state index is 12.2. The van der Waals surface area contributed by atoms with E-state index in [2.05, 4.69) is 9.05 Å². The first-order valence-electron chi connectivity index (χ1n) is 5.01. The maximum atomic E-state index is 12.2. The van der Waals surface area contributed by atoms with E-state index in [9.17, 15) is 9.36 Å². The number of methoxy groups -OCH3 is 2. The zero-order chi connectivity index (χ0) is 13.8. The van der Waals surface area contributed by atoms with Gasteiger partial charge in [0.1, 0.15) is 17.1 Å². The smallest absolute Gasteiger partial charge is 0.401 e. The van der Waals surface area contributed by atoms with Crippen LogP contribution in [-0.4, -0.2) is 34.0 Å². The molecule has 0 saturated carbocycles. The summed E-state index contributed by atoms with van der Waals surface area (Å²) in [5.41, 5.74) is -0.767. The molecule has 1 aromatic rings. The molecule has 0 spiro atoms. The van der Waals surface area contributed by atoms with E-state index in [-0.39, 0.29) is 17.1 Å². The fraction of sp³-hybridized carbons (Fsp3) is 0.364. The summed E-state index contributed by atoms with van der Waals surface area (Å²) in [4.78, 5) is 12.2. The minimum atomic E-state index is -3.87. The summed E-state index contributed by atoms with van der Waals surface area (Å²) in [5.74, 6) is 0.488. The van der Waals surface area contributed by atoms with Crippen LogP contribution in [0.1, 0.15) is 10.4 Å². The molecule has 0 aliphatic carbocycles. The zero-order valence-electron chi connectivity index (χ0n) is 10.6. The summed E-state index contributed by atoms with van der Waals surface area (Å²) in [6, 6.07) is 4.77. The quantitative estimate of drug-likeness (QED) is 0.741. The van der Waals surface area contributed by atoms with Crippen LogP contribution in [0.25, 0.3) is 0 Å². The number of ether oxygens (including phenoxy) is 2. The van der Waals surface area contributed by atoms with Gasteiger partial charge in [0.2, 0.25) is 0 Å². The Labute approximate surface area is 105 Å². The SMILES string of the molecule is COc1cccc(OC)c1C(=O)P(=O)(OC)OC. The van der Waals surface area contributed by atoms with E-state index in [1.807, 2.05) is 0 Å². The summed E-state index contributed by atoms with van der Waals surface area (Å²) in [7, 11) is 1.21. The van der Waals surface area contributed by atoms with E-state index < -0.39 is 13.1 Å². The van der Waals surface area contributed by atoms with Crippen molar-refractivity contribution in [3.63, 3.8) is 0 Å². The average molecular weight is 274 g/mol. The van der Waals surface area contributed by atoms with Gasteiger partial charge in [-0.1, -0.05) is 6.07 Å². The molecule has 100 valence electrons. The Morgan fingerprint density at radius 3 is 1.78 bits per heavy atom. The molecule has 0 atom stereocenters. The molecule has 0 aromatic heterocycles. The summed E-state index contributed by atoms with van der Waals surface area (Å²) in [5, 5.41) is 0. The second-order valence-electron chi connectivity index (χ2n) is 3.21. The standard InChI is InChI=1S/C11H15O6P/c1-14-8-6-5-7-9(15-2)10(8)11(12)18(13,16-3)17-4/h5-7H,1-4H3. The van der Waals surface area contributed by atoms with Crippen molar-refractivity contribution in [3.8, 4) is 11.5 Å². The molecule has 7 heteroatoms. The van der Waals surface area contributed by atoms with Gasteiger partial charge < -0.3 is 18.5 Å². The molecule has 0 N–H and O–H groups in total. The third-order valence-corrected chi connectivity index (χ3v) is 4.05. The van der Waals surface area contributed by atoms with Crippen LogP contribution in [0.4, 0.5) is 0 Å². The Kier molecular flexibility index (Phi) is 4.90. The van der Waals surface area contributed by atoms with Gasteiger partial charge >= 0.3 is 7.60 Å². The van der Waals surface area contributed by atoms with Gasteiger partial charge in [-0.2, -0.15) is 0 Å². The van der Waals surface area contributed by atoms with Crippen LogP contribution in [0.15, 0.2) is 18.2 Å². The number of carbonyl (C=O) groups is 1. The molecule has 0 saturated heterocycles. The Bertz CT molecular complexity index is 454. The van der Waals surface area contributed by atoms with Gasteiger partial charge in [0.15, 0.2) is 0 Å². The molecule has 6 nitrogen and oxygen atoms in total. The highest BCUT2D eigenvalue weighted by molar-refractivity contribution is 7.72. The third kappa shape index (κ3) is 2.56. The number of carbonyl (C=O) groups excluding carboxylic acids is 1. The highest BCUT2D eigenvalue weighted by Crippen LogP contribution is 2.52. The van der Waals surface area contributed by atoms with Gasteiger partial charge in [-0.05, 0) is 12.1 Å². The molecule has 1 aromatic carbocycles. The van der Waals surface area contributed by atoms with Crippen molar-refractivity contribution in [1.29, 1.82) is 0 Å². The van der Waals surface area contributed by atoms with Crippen LogP contribution in [-0.2, 0) is 13.6 Å². The van der Waals surface area contributed by atoms with Crippen LogP contribution >= 0.6 is 7.60 Å². The van der Waals surface area contributed by atoms with Crippen LogP contribution in [0.5, 0.6) is 11.5 Å². The highest BCUT2D eigenvalue weighted by atomic mass is 31.2. The Morgan fingerprint density at radius 2 is 1.44 bits per heavy atom. The topological polar surface area (TPSA) is 71.1 Å². The second kappa shape index (κ2) is 6.00. The number of benzene rings is 1. The van der Waals surface area contributed by atoms with Crippen molar-refractivity contribution in [2.75, 3.05) is 28.4 Å². The Balaban J connectivity index is 3.40. The summed E-state index contributed by atoms with van der Waals surface area (Å²) in [6.07, 6.45) is 0. The molecule has 0 amide bonds. The maximum Gasteiger partial charge on any atom is 0.401 e. The van der Waals surface area contributed by atoms with Gasteiger partial charge in [0.25, 0.3) is 5.52 Å². The first-order chi connectivity index (χ1) is 8.53. The fourth-order valence-electron chi connectivity index (χ4n) is 1.44. The largest absolute Gasteiger partial charge is 0.496 e. The summed E-state index contributed by atoms with van der Waals surface area (Å²) >= 11 is 0. The molecule has 0 bridgehead atoms. The number of rotatable bonds is 6. The van der Waals surface area contributed by atoms with Gasteiger partial charge in [0, 0.05) is 14.2 Å². The summed E-state index contributed by atoms with van der Waals surface area (Å²) < 4.78 is 31.6. The third-order valence-electron chi connectivity index (χ3n) is 2.37. The first kappa shape index (κ1) is 14.7. The average Bonchev–Trinajstić information content (AvgIpc) is 2.44. The van der Waals surface area contributed by atoms with E-state index in [1.165, 1.54) is 14.2 Å². The molecular weight excluding hydrogens is 259 g/mol. The Hall–Kier alpha value is -1.36. The lowest BCUT2D eigenvalue weighted by Crippen LogP contribution is -2.08. The van der Waals surface area contributed by atoms with Crippen LogP contribution < -0.4 is 9.47 Å².